The van der Waals surface area contributed by atoms with Crippen LogP contribution in [0.4, 0.5) is 11.8 Å². The van der Waals surface area contributed by atoms with Gasteiger partial charge in [0.15, 0.2) is 0 Å². The Morgan fingerprint density at radius 2 is 1.74 bits per heavy atom. The van der Waals surface area contributed by atoms with Crippen LogP contribution in [-0.4, -0.2) is 48.6 Å². The summed E-state index contributed by atoms with van der Waals surface area (Å²) >= 11 is 0. The molecule has 1 aliphatic heterocycles. The number of H-pyrrole nitrogens is 2. The summed E-state index contributed by atoms with van der Waals surface area (Å²) in [6, 6.07) is 0. The summed E-state index contributed by atoms with van der Waals surface area (Å²) in [5.74, 6) is 0.398. The van der Waals surface area contributed by atoms with Crippen LogP contribution in [0.2, 0.25) is 16.6 Å². The van der Waals surface area contributed by atoms with Gasteiger partial charge in [-0.2, -0.15) is 4.98 Å². The van der Waals surface area contributed by atoms with Gasteiger partial charge in [0.25, 0.3) is 5.56 Å². The third-order valence-corrected chi connectivity index (χ3v) is 15.6. The van der Waals surface area contributed by atoms with E-state index in [4.69, 9.17) is 4.74 Å². The first-order valence-corrected chi connectivity index (χ1v) is 16.3. The molecule has 3 heterocycles. The second-order valence-corrected chi connectivity index (χ2v) is 18.7. The predicted molar refractivity (Wildman–Crippen MR) is 160 cm³/mol. The Labute approximate surface area is 233 Å². The van der Waals surface area contributed by atoms with Gasteiger partial charge in [-0.15, -0.1) is 0 Å². The zero-order chi connectivity index (χ0) is 29.3. The fraction of sp³-hybridized carbons (Fsp3) is 0.655. The van der Waals surface area contributed by atoms with Gasteiger partial charge < -0.3 is 15.0 Å². The van der Waals surface area contributed by atoms with E-state index >= 15 is 0 Å². The molecule has 0 fully saturated rings. The Morgan fingerprint density at radius 3 is 2.28 bits per heavy atom. The minimum absolute atomic E-state index is 0.161. The smallest absolute Gasteiger partial charge is 0.354 e. The van der Waals surface area contributed by atoms with Gasteiger partial charge in [-0.3, -0.25) is 19.9 Å². The molecule has 10 heteroatoms. The molecule has 216 valence electrons. The van der Waals surface area contributed by atoms with E-state index in [1.165, 1.54) is 17.9 Å². The number of carbonyl (C=O) groups is 2. The monoisotopic (exact) mass is 557 g/mol. The van der Waals surface area contributed by atoms with Crippen molar-refractivity contribution in [3.8, 4) is 0 Å². The third-order valence-electron chi connectivity index (χ3n) is 8.45. The molecule has 0 saturated heterocycles. The third kappa shape index (κ3) is 6.00. The number of carbonyl (C=O) groups excluding carboxylic acids is 2. The lowest BCUT2D eigenvalue weighted by Gasteiger charge is -2.44. The number of esters is 1. The van der Waals surface area contributed by atoms with Crippen LogP contribution in [0.1, 0.15) is 90.3 Å². The van der Waals surface area contributed by atoms with Crippen LogP contribution in [0.3, 0.4) is 0 Å². The number of methoxy groups -OCH3 is 1. The summed E-state index contributed by atoms with van der Waals surface area (Å²) in [5.41, 5.74) is 2.90. The number of hydrogen-bond donors (Lipinski definition) is 4. The second kappa shape index (κ2) is 11.7. The van der Waals surface area contributed by atoms with Crippen LogP contribution in [0.15, 0.2) is 11.0 Å². The molecule has 0 aromatic carbocycles. The Hall–Kier alpha value is -2.88. The van der Waals surface area contributed by atoms with Crippen LogP contribution >= 0.6 is 0 Å². The van der Waals surface area contributed by atoms with E-state index in [2.05, 4.69) is 67.1 Å². The fourth-order valence-corrected chi connectivity index (χ4v) is 13.7. The number of amides is 1. The fourth-order valence-electron chi connectivity index (χ4n) is 6.64. The van der Waals surface area contributed by atoms with Crippen LogP contribution in [0, 0.1) is 11.3 Å². The van der Waals surface area contributed by atoms with E-state index in [1.807, 2.05) is 27.0 Å². The lowest BCUT2D eigenvalue weighted by atomic mass is 9.91. The normalized spacial score (nSPS) is 15.9. The van der Waals surface area contributed by atoms with Crippen molar-refractivity contribution in [2.75, 3.05) is 24.3 Å². The molecule has 3 rings (SSSR count). The van der Waals surface area contributed by atoms with Crippen LogP contribution in [0.5, 0.6) is 0 Å². The van der Waals surface area contributed by atoms with Crippen molar-refractivity contribution in [1.82, 2.24) is 15.0 Å². The number of hydrogen-bond acceptors (Lipinski definition) is 6. The molecule has 1 atom stereocenters. The Kier molecular flexibility index (Phi) is 9.19. The van der Waals surface area contributed by atoms with E-state index in [0.29, 0.717) is 46.7 Å². The van der Waals surface area contributed by atoms with Crippen LogP contribution < -0.4 is 21.4 Å². The average molecular weight is 558 g/mol. The maximum absolute atomic E-state index is 12.9. The largest absolute Gasteiger partial charge is 0.464 e. The number of ether oxygens (including phenoxy) is 1. The number of fused-ring (bicyclic) bond motifs is 1. The first kappa shape index (κ1) is 30.7. The Bertz CT molecular complexity index is 1230. The lowest BCUT2D eigenvalue weighted by Crippen LogP contribution is -2.58. The van der Waals surface area contributed by atoms with Gasteiger partial charge in [0.1, 0.15) is 11.5 Å². The summed E-state index contributed by atoms with van der Waals surface area (Å²) in [6.45, 7) is 19.9. The number of nitrogens with zero attached hydrogens (tertiary/aromatic N) is 1. The summed E-state index contributed by atoms with van der Waals surface area (Å²) in [4.78, 5) is 48.6. The van der Waals surface area contributed by atoms with E-state index in [1.54, 1.807) is 0 Å². The number of nitrogens with one attached hydrogen (secondary N) is 4. The average Bonchev–Trinajstić information content (AvgIpc) is 3.25. The molecule has 1 amide bonds. The quantitative estimate of drug-likeness (QED) is 0.254. The van der Waals surface area contributed by atoms with Crippen LogP contribution in [-0.2, 0) is 22.4 Å². The maximum atomic E-state index is 12.9. The molecular formula is C29H47N5O4Si. The molecule has 9 nitrogen and oxygen atoms in total. The number of aromatic amines is 2. The SMILES string of the molecule is COC(=O)c1[nH]cc(CCC2CNc3nc(NC(=O)C(C)(C)C)[nH]c(=O)c3C2)c1[Si](C(C)C)(C(C)C)C(C)C. The van der Waals surface area contributed by atoms with Crippen molar-refractivity contribution in [2.45, 2.75) is 98.2 Å². The first-order valence-electron chi connectivity index (χ1n) is 14.1. The van der Waals surface area contributed by atoms with Crippen molar-refractivity contribution in [3.63, 3.8) is 0 Å². The molecule has 0 radical (unpaired) electrons. The molecule has 2 aromatic rings. The molecule has 1 aliphatic rings. The Balaban J connectivity index is 1.87. The first-order chi connectivity index (χ1) is 18.1. The van der Waals surface area contributed by atoms with Gasteiger partial charge in [-0.05, 0) is 52.6 Å². The minimum Gasteiger partial charge on any atom is -0.464 e. The minimum atomic E-state index is -2.15. The van der Waals surface area contributed by atoms with Gasteiger partial charge >= 0.3 is 5.97 Å². The highest BCUT2D eigenvalue weighted by atomic mass is 28.3. The van der Waals surface area contributed by atoms with Crippen LogP contribution in [0.25, 0.3) is 0 Å². The van der Waals surface area contributed by atoms with E-state index in [0.717, 1.165) is 12.8 Å². The van der Waals surface area contributed by atoms with Crippen molar-refractivity contribution < 1.29 is 14.3 Å². The zero-order valence-electron chi connectivity index (χ0n) is 25.3. The zero-order valence-corrected chi connectivity index (χ0v) is 26.3. The van der Waals surface area contributed by atoms with Gasteiger partial charge in [-0.1, -0.05) is 62.3 Å². The summed E-state index contributed by atoms with van der Waals surface area (Å²) in [7, 11) is -0.716. The molecule has 0 spiro atoms. The number of rotatable bonds is 9. The lowest BCUT2D eigenvalue weighted by molar-refractivity contribution is -0.123. The number of anilines is 2. The van der Waals surface area contributed by atoms with E-state index < -0.39 is 13.5 Å². The second-order valence-electron chi connectivity index (χ2n) is 12.9. The maximum Gasteiger partial charge on any atom is 0.354 e. The topological polar surface area (TPSA) is 129 Å². The molecule has 0 aliphatic carbocycles. The van der Waals surface area contributed by atoms with Gasteiger partial charge in [-0.25, -0.2) is 4.79 Å². The molecule has 0 bridgehead atoms. The van der Waals surface area contributed by atoms with Crippen molar-refractivity contribution in [1.29, 1.82) is 0 Å². The summed E-state index contributed by atoms with van der Waals surface area (Å²) < 4.78 is 5.19. The van der Waals surface area contributed by atoms with Gasteiger partial charge in [0.2, 0.25) is 11.9 Å². The van der Waals surface area contributed by atoms with E-state index in [9.17, 15) is 14.4 Å². The van der Waals surface area contributed by atoms with Crippen molar-refractivity contribution in [3.05, 3.63) is 33.4 Å². The van der Waals surface area contributed by atoms with Gasteiger partial charge in [0, 0.05) is 18.2 Å². The number of aromatic nitrogens is 3. The molecule has 39 heavy (non-hydrogen) atoms. The number of aryl methyl sites for hydroxylation is 1. The van der Waals surface area contributed by atoms with Crippen molar-refractivity contribution >= 4 is 36.9 Å². The molecule has 0 saturated carbocycles. The summed E-state index contributed by atoms with van der Waals surface area (Å²) in [6.07, 6.45) is 4.26. The summed E-state index contributed by atoms with van der Waals surface area (Å²) in [5, 5.41) is 7.24. The predicted octanol–water partition coefficient (Wildman–Crippen LogP) is 4.97. The standard InChI is InChI=1S/C29H47N5O4Si/c1-16(2)39(17(3)4,18(5)6)23-20(15-30-22(23)26(36)38-10)12-11-19-13-21-24(31-14-19)32-28(33-25(21)35)34-27(37)29(7,8)9/h15-19,30H,11-14H2,1-10H3,(H3,31,32,33,34,35,37). The molecular weight excluding hydrogens is 510 g/mol. The molecule has 4 N–H and O–H groups in total. The van der Waals surface area contributed by atoms with Crippen molar-refractivity contribution in [2.24, 2.45) is 11.3 Å². The Morgan fingerprint density at radius 1 is 1.13 bits per heavy atom. The highest BCUT2D eigenvalue weighted by Crippen LogP contribution is 2.42. The highest BCUT2D eigenvalue weighted by Gasteiger charge is 2.48. The molecule has 2 aromatic heterocycles. The molecule has 1 unspecified atom stereocenters. The van der Waals surface area contributed by atoms with Gasteiger partial charge in [0.05, 0.1) is 20.7 Å². The highest BCUT2D eigenvalue weighted by molar-refractivity contribution is 6.96. The van der Waals surface area contributed by atoms with E-state index in [-0.39, 0.29) is 29.3 Å².